The molecule has 0 fully saturated rings. The number of hydrogen-bond donors (Lipinski definition) is 0. The van der Waals surface area contributed by atoms with Gasteiger partial charge in [-0.05, 0) is 26.7 Å². The van der Waals surface area contributed by atoms with Crippen LogP contribution in [0.3, 0.4) is 0 Å². The topological polar surface area (TPSA) is 68.3 Å². The zero-order valence-corrected chi connectivity index (χ0v) is 22.8. The Morgan fingerprint density at radius 2 is 1.22 bits per heavy atom. The molecule has 2 rings (SSSR count). The SMILES string of the molecule is CCCCCCN(CC)C(=O)Oc1cc(OC)c(OC(=O)N(CC)CCCCCC)c2ccccc12. The molecule has 0 aromatic heterocycles. The second kappa shape index (κ2) is 15.9. The lowest BCUT2D eigenvalue weighted by molar-refractivity contribution is 0.151. The fourth-order valence-corrected chi connectivity index (χ4v) is 4.16. The largest absolute Gasteiger partial charge is 0.493 e. The minimum absolute atomic E-state index is 0.330. The number of methoxy groups -OCH3 is 1. The number of nitrogens with zero attached hydrogens (tertiary/aromatic N) is 2. The maximum absolute atomic E-state index is 13.0. The molecule has 0 aliphatic heterocycles. The summed E-state index contributed by atoms with van der Waals surface area (Å²) in [7, 11) is 1.52. The van der Waals surface area contributed by atoms with Crippen LogP contribution in [0.15, 0.2) is 30.3 Å². The van der Waals surface area contributed by atoms with Gasteiger partial charge in [0, 0.05) is 43.0 Å². The smallest absolute Gasteiger partial charge is 0.415 e. The summed E-state index contributed by atoms with van der Waals surface area (Å²) in [5.41, 5.74) is 0. The van der Waals surface area contributed by atoms with Gasteiger partial charge in [-0.15, -0.1) is 0 Å². The van der Waals surface area contributed by atoms with Crippen LogP contribution in [0.5, 0.6) is 17.2 Å². The lowest BCUT2D eigenvalue weighted by Gasteiger charge is -2.23. The van der Waals surface area contributed by atoms with Crippen molar-refractivity contribution in [2.45, 2.75) is 79.1 Å². The van der Waals surface area contributed by atoms with Gasteiger partial charge < -0.3 is 24.0 Å². The predicted octanol–water partition coefficient (Wildman–Crippen LogP) is 7.65. The van der Waals surface area contributed by atoms with E-state index in [1.807, 2.05) is 38.1 Å². The summed E-state index contributed by atoms with van der Waals surface area (Å²) in [4.78, 5) is 29.4. The van der Waals surface area contributed by atoms with Crippen LogP contribution < -0.4 is 14.2 Å². The summed E-state index contributed by atoms with van der Waals surface area (Å²) >= 11 is 0. The van der Waals surface area contributed by atoms with Gasteiger partial charge in [0.2, 0.25) is 0 Å². The number of unbranched alkanes of at least 4 members (excludes halogenated alkanes) is 6. The Bertz CT molecular complexity index is 962. The van der Waals surface area contributed by atoms with Crippen molar-refractivity contribution in [2.75, 3.05) is 33.3 Å². The Morgan fingerprint density at radius 3 is 1.72 bits per heavy atom. The van der Waals surface area contributed by atoms with Crippen LogP contribution in [0.2, 0.25) is 0 Å². The molecule has 0 heterocycles. The number of carbonyl (C=O) groups is 2. The highest BCUT2D eigenvalue weighted by molar-refractivity contribution is 5.98. The third-order valence-electron chi connectivity index (χ3n) is 6.37. The molecule has 0 unspecified atom stereocenters. The number of amides is 2. The predicted molar refractivity (Wildman–Crippen MR) is 145 cm³/mol. The fraction of sp³-hybridized carbons (Fsp3) is 0.586. The van der Waals surface area contributed by atoms with E-state index in [4.69, 9.17) is 14.2 Å². The first-order chi connectivity index (χ1) is 17.5. The van der Waals surface area contributed by atoms with Crippen LogP contribution in [-0.2, 0) is 0 Å². The highest BCUT2D eigenvalue weighted by atomic mass is 16.6. The zero-order chi connectivity index (χ0) is 26.3. The summed E-state index contributed by atoms with van der Waals surface area (Å²) in [6.45, 7) is 10.7. The highest BCUT2D eigenvalue weighted by Gasteiger charge is 2.23. The minimum Gasteiger partial charge on any atom is -0.493 e. The lowest BCUT2D eigenvalue weighted by atomic mass is 10.1. The summed E-state index contributed by atoms with van der Waals surface area (Å²) < 4.78 is 17.3. The van der Waals surface area contributed by atoms with E-state index in [-0.39, 0.29) is 0 Å². The highest BCUT2D eigenvalue weighted by Crippen LogP contribution is 2.42. The van der Waals surface area contributed by atoms with Crippen LogP contribution in [0.1, 0.15) is 79.1 Å². The number of rotatable bonds is 15. The molecule has 0 saturated heterocycles. The maximum atomic E-state index is 13.0. The van der Waals surface area contributed by atoms with Crippen molar-refractivity contribution in [3.8, 4) is 17.2 Å². The van der Waals surface area contributed by atoms with Gasteiger partial charge in [-0.3, -0.25) is 0 Å². The molecule has 7 heteroatoms. The molecule has 0 saturated carbocycles. The van der Waals surface area contributed by atoms with E-state index in [1.165, 1.54) is 7.11 Å². The Kier molecular flexibility index (Phi) is 12.9. The second-order valence-electron chi connectivity index (χ2n) is 8.97. The van der Waals surface area contributed by atoms with Gasteiger partial charge in [0.05, 0.1) is 7.11 Å². The van der Waals surface area contributed by atoms with E-state index in [2.05, 4.69) is 13.8 Å². The molecule has 2 aromatic rings. The molecular formula is C29H44N2O5. The summed E-state index contributed by atoms with van der Waals surface area (Å²) in [6, 6.07) is 9.06. The van der Waals surface area contributed by atoms with Crippen LogP contribution in [0.4, 0.5) is 9.59 Å². The monoisotopic (exact) mass is 500 g/mol. The van der Waals surface area contributed by atoms with E-state index in [1.54, 1.807) is 15.9 Å². The van der Waals surface area contributed by atoms with E-state index in [0.29, 0.717) is 54.2 Å². The van der Waals surface area contributed by atoms with Crippen molar-refractivity contribution >= 4 is 23.0 Å². The molecule has 0 spiro atoms. The fourth-order valence-electron chi connectivity index (χ4n) is 4.16. The van der Waals surface area contributed by atoms with E-state index in [0.717, 1.165) is 51.4 Å². The molecule has 2 aromatic carbocycles. The Balaban J connectivity index is 2.26. The molecule has 0 atom stereocenters. The number of carbonyl (C=O) groups excluding carboxylic acids is 2. The second-order valence-corrected chi connectivity index (χ2v) is 8.97. The molecule has 36 heavy (non-hydrogen) atoms. The molecule has 0 aliphatic rings. The molecule has 0 bridgehead atoms. The Labute approximate surface area is 216 Å². The van der Waals surface area contributed by atoms with Crippen molar-refractivity contribution in [3.05, 3.63) is 30.3 Å². The number of benzene rings is 2. The average Bonchev–Trinajstić information content (AvgIpc) is 2.89. The van der Waals surface area contributed by atoms with Crippen molar-refractivity contribution in [2.24, 2.45) is 0 Å². The molecule has 200 valence electrons. The third-order valence-corrected chi connectivity index (χ3v) is 6.37. The summed E-state index contributed by atoms with van der Waals surface area (Å²) in [6.07, 6.45) is 7.85. The van der Waals surface area contributed by atoms with Crippen molar-refractivity contribution in [1.29, 1.82) is 0 Å². The Morgan fingerprint density at radius 1 is 0.694 bits per heavy atom. The maximum Gasteiger partial charge on any atom is 0.415 e. The molecule has 2 amide bonds. The van der Waals surface area contributed by atoms with E-state index in [9.17, 15) is 9.59 Å². The molecule has 0 N–H and O–H groups in total. The van der Waals surface area contributed by atoms with Gasteiger partial charge >= 0.3 is 12.2 Å². The number of ether oxygens (including phenoxy) is 3. The van der Waals surface area contributed by atoms with Crippen LogP contribution >= 0.6 is 0 Å². The first-order valence-electron chi connectivity index (χ1n) is 13.5. The third kappa shape index (κ3) is 8.32. The first kappa shape index (κ1) is 29.3. The van der Waals surface area contributed by atoms with Crippen LogP contribution in [0.25, 0.3) is 10.8 Å². The molecule has 0 radical (unpaired) electrons. The summed E-state index contributed by atoms with van der Waals surface area (Å²) in [5, 5.41) is 1.34. The van der Waals surface area contributed by atoms with E-state index < -0.39 is 12.2 Å². The Hall–Kier alpha value is -2.96. The standard InChI is InChI=1S/C29H44N2O5/c1-6-10-12-16-20-30(8-3)28(32)35-25-22-26(34-5)27(24-19-15-14-18-23(24)25)36-29(33)31(9-4)21-17-13-11-7-2/h14-15,18-19,22H,6-13,16-17,20-21H2,1-5H3. The van der Waals surface area contributed by atoms with E-state index >= 15 is 0 Å². The number of hydrogen-bond acceptors (Lipinski definition) is 5. The van der Waals surface area contributed by atoms with Gasteiger partial charge in [-0.25, -0.2) is 9.59 Å². The van der Waals surface area contributed by atoms with Crippen molar-refractivity contribution in [3.63, 3.8) is 0 Å². The van der Waals surface area contributed by atoms with Crippen molar-refractivity contribution < 1.29 is 23.8 Å². The minimum atomic E-state index is -0.411. The van der Waals surface area contributed by atoms with Gasteiger partial charge in [0.25, 0.3) is 0 Å². The van der Waals surface area contributed by atoms with Gasteiger partial charge in [0.1, 0.15) is 5.75 Å². The normalized spacial score (nSPS) is 10.8. The summed E-state index contributed by atoms with van der Waals surface area (Å²) in [5.74, 6) is 1.06. The quantitative estimate of drug-likeness (QED) is 0.235. The zero-order valence-electron chi connectivity index (χ0n) is 22.8. The van der Waals surface area contributed by atoms with Crippen LogP contribution in [-0.4, -0.2) is 55.3 Å². The average molecular weight is 501 g/mol. The van der Waals surface area contributed by atoms with Crippen molar-refractivity contribution in [1.82, 2.24) is 9.80 Å². The molecular weight excluding hydrogens is 456 g/mol. The number of fused-ring (bicyclic) bond motifs is 1. The van der Waals surface area contributed by atoms with Gasteiger partial charge in [-0.1, -0.05) is 76.6 Å². The van der Waals surface area contributed by atoms with Crippen LogP contribution in [0, 0.1) is 0 Å². The molecule has 0 aliphatic carbocycles. The lowest BCUT2D eigenvalue weighted by Crippen LogP contribution is -2.34. The molecule has 7 nitrogen and oxygen atoms in total. The van der Waals surface area contributed by atoms with Gasteiger partial charge in [0.15, 0.2) is 11.5 Å². The van der Waals surface area contributed by atoms with Gasteiger partial charge in [-0.2, -0.15) is 0 Å². The first-order valence-corrected chi connectivity index (χ1v) is 13.5.